The number of hydrogen-bond donors (Lipinski definition) is 1. The summed E-state index contributed by atoms with van der Waals surface area (Å²) in [6.07, 6.45) is 0. The van der Waals surface area contributed by atoms with Crippen LogP contribution >= 0.6 is 0 Å². The van der Waals surface area contributed by atoms with Crippen LogP contribution in [0.25, 0.3) is 28.1 Å². The molecule has 0 atom stereocenters. The molecule has 2 heterocycles. The van der Waals surface area contributed by atoms with Gasteiger partial charge in [0, 0.05) is 11.6 Å². The first kappa shape index (κ1) is 12.6. The Morgan fingerprint density at radius 3 is 2.73 bits per heavy atom. The number of aryl methyl sites for hydroxylation is 1. The molecule has 1 aliphatic carbocycles. The smallest absolute Gasteiger partial charge is 0.282 e. The van der Waals surface area contributed by atoms with Gasteiger partial charge in [0.25, 0.3) is 5.56 Å². The Hall–Kier alpha value is -3.08. The van der Waals surface area contributed by atoms with Gasteiger partial charge in [-0.25, -0.2) is 4.68 Å². The molecule has 5 heteroatoms. The van der Waals surface area contributed by atoms with E-state index in [1.807, 2.05) is 31.2 Å². The van der Waals surface area contributed by atoms with Crippen molar-refractivity contribution in [2.24, 2.45) is 0 Å². The number of aromatic nitrogens is 2. The molecule has 1 aromatic heterocycles. The second kappa shape index (κ2) is 4.46. The maximum Gasteiger partial charge on any atom is 0.282 e. The van der Waals surface area contributed by atoms with Crippen molar-refractivity contribution in [1.82, 2.24) is 9.78 Å². The predicted octanol–water partition coefficient (Wildman–Crippen LogP) is 2.69. The molecule has 0 saturated heterocycles. The lowest BCUT2D eigenvalue weighted by Crippen LogP contribution is -2.14. The van der Waals surface area contributed by atoms with Crippen molar-refractivity contribution in [3.05, 3.63) is 74.7 Å². The molecule has 108 valence electrons. The van der Waals surface area contributed by atoms with E-state index in [1.165, 1.54) is 16.8 Å². The van der Waals surface area contributed by atoms with Crippen molar-refractivity contribution in [3.63, 3.8) is 0 Å². The highest BCUT2D eigenvalue weighted by molar-refractivity contribution is 5.79. The summed E-state index contributed by atoms with van der Waals surface area (Å²) in [7, 11) is 0. The average molecular weight is 292 g/mol. The van der Waals surface area contributed by atoms with Crippen molar-refractivity contribution in [2.45, 2.75) is 6.92 Å². The summed E-state index contributed by atoms with van der Waals surface area (Å²) in [6.45, 7) is 1.96. The summed E-state index contributed by atoms with van der Waals surface area (Å²) in [5, 5.41) is 3.41. The van der Waals surface area contributed by atoms with E-state index in [9.17, 15) is 9.59 Å². The molecule has 5 nitrogen and oxygen atoms in total. The topological polar surface area (TPSA) is 68.0 Å². The van der Waals surface area contributed by atoms with Crippen molar-refractivity contribution in [1.29, 1.82) is 0 Å². The van der Waals surface area contributed by atoms with E-state index >= 15 is 0 Å². The van der Waals surface area contributed by atoms with Crippen LogP contribution in [0.1, 0.15) is 5.56 Å². The average Bonchev–Trinajstić information content (AvgIpc) is 2.81. The van der Waals surface area contributed by atoms with Crippen LogP contribution < -0.4 is 11.0 Å². The lowest BCUT2D eigenvalue weighted by molar-refractivity contribution is 0.598. The molecule has 1 aromatic carbocycles. The Morgan fingerprint density at radius 2 is 1.91 bits per heavy atom. The zero-order valence-electron chi connectivity index (χ0n) is 11.8. The molecule has 0 bridgehead atoms. The Morgan fingerprint density at radius 1 is 1.05 bits per heavy atom. The summed E-state index contributed by atoms with van der Waals surface area (Å²) in [4.78, 5) is 24.0. The first-order valence-corrected chi connectivity index (χ1v) is 6.87. The molecule has 0 spiro atoms. The van der Waals surface area contributed by atoms with Gasteiger partial charge in [-0.3, -0.25) is 14.7 Å². The highest BCUT2D eigenvalue weighted by atomic mass is 16.3. The molecule has 22 heavy (non-hydrogen) atoms. The Balaban J connectivity index is 2.05. The van der Waals surface area contributed by atoms with Gasteiger partial charge in [0.2, 0.25) is 5.71 Å². The Labute approximate surface area is 124 Å². The molecule has 2 aromatic rings. The lowest BCUT2D eigenvalue weighted by atomic mass is 10.1. The molecular formula is C17H12N2O3. The quantitative estimate of drug-likeness (QED) is 0.586. The van der Waals surface area contributed by atoms with Gasteiger partial charge in [-0.1, -0.05) is 12.1 Å². The predicted molar refractivity (Wildman–Crippen MR) is 83.8 cm³/mol. The molecule has 4 rings (SSSR count). The van der Waals surface area contributed by atoms with Gasteiger partial charge in [0.15, 0.2) is 5.43 Å². The fourth-order valence-electron chi connectivity index (χ4n) is 2.57. The SMILES string of the molecule is Cc1cccc(-n2[nH]c3oc4cc(=O)ccc-4cc3c2=O)c1. The maximum atomic E-state index is 12.6. The summed E-state index contributed by atoms with van der Waals surface area (Å²) in [6, 6.07) is 13.9. The van der Waals surface area contributed by atoms with Crippen LogP contribution in [0.3, 0.4) is 0 Å². The molecule has 0 fully saturated rings. The largest absolute Gasteiger partial charge is 0.438 e. The van der Waals surface area contributed by atoms with Crippen LogP contribution in [0, 0.1) is 6.92 Å². The van der Waals surface area contributed by atoms with Gasteiger partial charge in [-0.2, -0.15) is 0 Å². The monoisotopic (exact) mass is 292 g/mol. The van der Waals surface area contributed by atoms with E-state index in [0.29, 0.717) is 16.9 Å². The molecule has 0 radical (unpaired) electrons. The fourth-order valence-corrected chi connectivity index (χ4v) is 2.57. The minimum Gasteiger partial charge on any atom is -0.438 e. The Kier molecular flexibility index (Phi) is 2.56. The van der Waals surface area contributed by atoms with Gasteiger partial charge < -0.3 is 4.42 Å². The maximum absolute atomic E-state index is 12.6. The van der Waals surface area contributed by atoms with Gasteiger partial charge in [-0.05, 0) is 42.8 Å². The zero-order valence-corrected chi connectivity index (χ0v) is 11.8. The number of H-pyrrole nitrogens is 1. The zero-order chi connectivity index (χ0) is 15.3. The van der Waals surface area contributed by atoms with Crippen molar-refractivity contribution in [2.75, 3.05) is 0 Å². The van der Waals surface area contributed by atoms with Crippen LogP contribution in [-0.4, -0.2) is 9.78 Å². The van der Waals surface area contributed by atoms with Crippen molar-refractivity contribution < 1.29 is 4.42 Å². The third kappa shape index (κ3) is 1.87. The standard InChI is InChI=1S/C17H12N2O3/c1-10-3-2-4-12(7-10)19-17(21)14-8-11-5-6-13(20)9-15(11)22-16(14)18-19/h2-9,18H,1H3. The van der Waals surface area contributed by atoms with E-state index in [1.54, 1.807) is 12.1 Å². The van der Waals surface area contributed by atoms with Crippen LogP contribution in [0.15, 0.2) is 62.5 Å². The number of aromatic amines is 1. The summed E-state index contributed by atoms with van der Waals surface area (Å²) < 4.78 is 7.11. The normalized spacial score (nSPS) is 11.3. The van der Waals surface area contributed by atoms with Gasteiger partial charge >= 0.3 is 0 Å². The van der Waals surface area contributed by atoms with E-state index in [-0.39, 0.29) is 11.0 Å². The third-order valence-corrected chi connectivity index (χ3v) is 3.65. The molecule has 2 aliphatic rings. The first-order chi connectivity index (χ1) is 10.6. The van der Waals surface area contributed by atoms with Gasteiger partial charge in [0.1, 0.15) is 11.1 Å². The molecule has 1 N–H and O–H groups in total. The number of nitrogens with zero attached hydrogens (tertiary/aromatic N) is 1. The third-order valence-electron chi connectivity index (χ3n) is 3.65. The van der Waals surface area contributed by atoms with Gasteiger partial charge in [-0.15, -0.1) is 0 Å². The highest BCUT2D eigenvalue weighted by Crippen LogP contribution is 2.24. The van der Waals surface area contributed by atoms with Crippen molar-refractivity contribution in [3.8, 4) is 17.0 Å². The van der Waals surface area contributed by atoms with Gasteiger partial charge in [0.05, 0.1) is 5.69 Å². The summed E-state index contributed by atoms with van der Waals surface area (Å²) in [5.41, 5.74) is 2.56. The van der Waals surface area contributed by atoms with E-state index in [4.69, 9.17) is 4.42 Å². The summed E-state index contributed by atoms with van der Waals surface area (Å²) >= 11 is 0. The minimum atomic E-state index is -0.183. The van der Waals surface area contributed by atoms with Crippen molar-refractivity contribution >= 4 is 11.1 Å². The first-order valence-electron chi connectivity index (χ1n) is 6.87. The van der Waals surface area contributed by atoms with E-state index in [2.05, 4.69) is 5.10 Å². The number of fused-ring (bicyclic) bond motifs is 2. The van der Waals surface area contributed by atoms with Crippen LogP contribution in [0.4, 0.5) is 0 Å². The van der Waals surface area contributed by atoms with Crippen LogP contribution in [-0.2, 0) is 0 Å². The van der Waals surface area contributed by atoms with E-state index < -0.39 is 0 Å². The van der Waals surface area contributed by atoms with E-state index in [0.717, 1.165) is 16.8 Å². The second-order valence-corrected chi connectivity index (χ2v) is 5.28. The minimum absolute atomic E-state index is 0.129. The molecule has 0 saturated carbocycles. The molecule has 1 aliphatic heterocycles. The Bertz CT molecular complexity index is 1080. The molecular weight excluding hydrogens is 280 g/mol. The molecule has 0 unspecified atom stereocenters. The van der Waals surface area contributed by atoms with Crippen LogP contribution in [0.5, 0.6) is 0 Å². The fraction of sp³-hybridized carbons (Fsp3) is 0.0588. The number of hydrogen-bond acceptors (Lipinski definition) is 3. The second-order valence-electron chi connectivity index (χ2n) is 5.28. The lowest BCUT2D eigenvalue weighted by Gasteiger charge is -2.02. The highest BCUT2D eigenvalue weighted by Gasteiger charge is 2.14. The number of benzene rings is 2. The van der Waals surface area contributed by atoms with Crippen LogP contribution in [0.2, 0.25) is 0 Å². The summed E-state index contributed by atoms with van der Waals surface area (Å²) in [5.74, 6) is 0.456. The number of nitrogens with one attached hydrogen (secondary N) is 1. The number of rotatable bonds is 1. The molecule has 0 amide bonds.